The third-order valence-electron chi connectivity index (χ3n) is 5.77. The van der Waals surface area contributed by atoms with E-state index in [1.54, 1.807) is 4.68 Å². The number of halogens is 1. The van der Waals surface area contributed by atoms with Crippen LogP contribution in [-0.4, -0.2) is 29.9 Å². The highest BCUT2D eigenvalue weighted by molar-refractivity contribution is 6.31. The van der Waals surface area contributed by atoms with Crippen LogP contribution in [0.5, 0.6) is 0 Å². The molecule has 1 saturated carbocycles. The summed E-state index contributed by atoms with van der Waals surface area (Å²) in [6.45, 7) is 0. The summed E-state index contributed by atoms with van der Waals surface area (Å²) in [4.78, 5) is 7.73. The van der Waals surface area contributed by atoms with Gasteiger partial charge in [-0.05, 0) is 30.5 Å². The Balaban J connectivity index is 1.42. The Hall–Kier alpha value is -3.45. The van der Waals surface area contributed by atoms with Gasteiger partial charge < -0.3 is 9.40 Å². The molecule has 6 rings (SSSR count). The predicted molar refractivity (Wildman–Crippen MR) is 113 cm³/mol. The van der Waals surface area contributed by atoms with Crippen molar-refractivity contribution in [2.45, 2.75) is 18.3 Å². The van der Waals surface area contributed by atoms with E-state index in [-0.39, 0.29) is 5.41 Å². The van der Waals surface area contributed by atoms with Gasteiger partial charge in [-0.15, -0.1) is 10.2 Å². The smallest absolute Gasteiger partial charge is 0.249 e. The molecule has 4 aromatic heterocycles. The maximum Gasteiger partial charge on any atom is 0.249 e. The van der Waals surface area contributed by atoms with Crippen LogP contribution in [0.25, 0.3) is 33.6 Å². The van der Waals surface area contributed by atoms with Crippen LogP contribution in [0.15, 0.2) is 59.5 Å². The summed E-state index contributed by atoms with van der Waals surface area (Å²) in [6.07, 6.45) is 9.35. The summed E-state index contributed by atoms with van der Waals surface area (Å²) < 4.78 is 7.95. The largest absolute Gasteiger partial charge is 0.420 e. The van der Waals surface area contributed by atoms with E-state index >= 15 is 0 Å². The van der Waals surface area contributed by atoms with Crippen LogP contribution < -0.4 is 0 Å². The third kappa shape index (κ3) is 2.59. The Morgan fingerprint density at radius 1 is 1.13 bits per heavy atom. The molecule has 148 valence electrons. The van der Waals surface area contributed by atoms with Gasteiger partial charge in [0.2, 0.25) is 11.8 Å². The van der Waals surface area contributed by atoms with Gasteiger partial charge in [0.15, 0.2) is 0 Å². The standard InChI is InChI=1S/C22H17ClN6O/c1-29-12-14(10-26-29)13-8-15-16(11-25-19(15)24-9-13)20-27-28-21(30-20)22(6-7-22)17-4-2-3-5-18(17)23/h2-5,8-12H,6-7H2,1H3,(H,24,25). The van der Waals surface area contributed by atoms with E-state index in [2.05, 4.69) is 31.3 Å². The first-order chi connectivity index (χ1) is 14.6. The summed E-state index contributed by atoms with van der Waals surface area (Å²) in [5, 5.41) is 14.6. The van der Waals surface area contributed by atoms with Gasteiger partial charge in [-0.1, -0.05) is 29.8 Å². The average molecular weight is 417 g/mol. The molecule has 8 heteroatoms. The van der Waals surface area contributed by atoms with Gasteiger partial charge >= 0.3 is 0 Å². The van der Waals surface area contributed by atoms with Gasteiger partial charge in [-0.2, -0.15) is 5.10 Å². The van der Waals surface area contributed by atoms with Crippen molar-refractivity contribution in [3.8, 4) is 22.6 Å². The highest BCUT2D eigenvalue weighted by Gasteiger charge is 2.51. The van der Waals surface area contributed by atoms with Crippen LogP contribution in [0.1, 0.15) is 24.3 Å². The number of hydrogen-bond acceptors (Lipinski definition) is 5. The SMILES string of the molecule is Cn1cc(-c2cnc3[nH]cc(-c4nnc(C5(c6ccccc6Cl)CC5)o4)c3c2)cn1. The second-order valence-corrected chi connectivity index (χ2v) is 8.11. The lowest BCUT2D eigenvalue weighted by Gasteiger charge is -2.12. The molecule has 0 atom stereocenters. The van der Waals surface area contributed by atoms with Crippen LogP contribution >= 0.6 is 11.6 Å². The van der Waals surface area contributed by atoms with Crippen molar-refractivity contribution in [1.82, 2.24) is 29.9 Å². The van der Waals surface area contributed by atoms with E-state index < -0.39 is 0 Å². The van der Waals surface area contributed by atoms with Crippen molar-refractivity contribution >= 4 is 22.6 Å². The van der Waals surface area contributed by atoms with Crippen molar-refractivity contribution in [3.63, 3.8) is 0 Å². The number of hydrogen-bond donors (Lipinski definition) is 1. The van der Waals surface area contributed by atoms with Gasteiger partial charge in [0, 0.05) is 47.2 Å². The molecule has 0 bridgehead atoms. The van der Waals surface area contributed by atoms with Crippen molar-refractivity contribution in [1.29, 1.82) is 0 Å². The van der Waals surface area contributed by atoms with Gasteiger partial charge in [0.25, 0.3) is 0 Å². The minimum absolute atomic E-state index is 0.283. The molecule has 1 aliphatic carbocycles. The lowest BCUT2D eigenvalue weighted by Crippen LogP contribution is -2.09. The van der Waals surface area contributed by atoms with Crippen LogP contribution in [0.3, 0.4) is 0 Å². The minimum Gasteiger partial charge on any atom is -0.420 e. The molecule has 7 nitrogen and oxygen atoms in total. The zero-order chi connectivity index (χ0) is 20.3. The highest BCUT2D eigenvalue weighted by Crippen LogP contribution is 2.55. The first-order valence-electron chi connectivity index (χ1n) is 9.70. The van der Waals surface area contributed by atoms with Gasteiger partial charge in [0.1, 0.15) is 5.65 Å². The third-order valence-corrected chi connectivity index (χ3v) is 6.10. The summed E-state index contributed by atoms with van der Waals surface area (Å²) in [5.74, 6) is 1.08. The Labute approximate surface area is 176 Å². The predicted octanol–water partition coefficient (Wildman–Crippen LogP) is 4.75. The Morgan fingerprint density at radius 2 is 2.00 bits per heavy atom. The number of H-pyrrole nitrogens is 1. The van der Waals surface area contributed by atoms with Gasteiger partial charge in [0.05, 0.1) is 17.2 Å². The highest BCUT2D eigenvalue weighted by atomic mass is 35.5. The lowest BCUT2D eigenvalue weighted by molar-refractivity contribution is 0.472. The van der Waals surface area contributed by atoms with Gasteiger partial charge in [-0.3, -0.25) is 4.68 Å². The molecular formula is C22H17ClN6O. The normalized spacial score (nSPS) is 15.0. The molecule has 0 radical (unpaired) electrons. The molecule has 0 saturated heterocycles. The van der Waals surface area contributed by atoms with Crippen molar-refractivity contribution in [3.05, 3.63) is 71.6 Å². The van der Waals surface area contributed by atoms with E-state index in [1.165, 1.54) is 0 Å². The first kappa shape index (κ1) is 17.4. The second-order valence-electron chi connectivity index (χ2n) is 7.70. The Bertz CT molecular complexity index is 1390. The van der Waals surface area contributed by atoms with E-state index in [0.717, 1.165) is 51.2 Å². The molecule has 30 heavy (non-hydrogen) atoms. The van der Waals surface area contributed by atoms with Crippen molar-refractivity contribution < 1.29 is 4.42 Å². The number of aromatic nitrogens is 6. The average Bonchev–Trinajstić information content (AvgIpc) is 3.11. The maximum absolute atomic E-state index is 6.45. The lowest BCUT2D eigenvalue weighted by atomic mass is 9.96. The summed E-state index contributed by atoms with van der Waals surface area (Å²) in [7, 11) is 1.89. The molecule has 1 aliphatic rings. The van der Waals surface area contributed by atoms with Crippen molar-refractivity contribution in [2.75, 3.05) is 0 Å². The summed E-state index contributed by atoms with van der Waals surface area (Å²) in [5.41, 5.74) is 4.34. The summed E-state index contributed by atoms with van der Waals surface area (Å²) >= 11 is 6.45. The fourth-order valence-electron chi connectivity index (χ4n) is 4.01. The van der Waals surface area contributed by atoms with Crippen LogP contribution in [0.4, 0.5) is 0 Å². The molecule has 5 aromatic rings. The molecule has 0 aliphatic heterocycles. The topological polar surface area (TPSA) is 85.4 Å². The first-order valence-corrected chi connectivity index (χ1v) is 10.1. The zero-order valence-electron chi connectivity index (χ0n) is 16.1. The molecule has 1 fully saturated rings. The van der Waals surface area contributed by atoms with E-state index in [9.17, 15) is 0 Å². The number of aryl methyl sites for hydroxylation is 1. The fourth-order valence-corrected chi connectivity index (χ4v) is 4.32. The van der Waals surface area contributed by atoms with Crippen LogP contribution in [0.2, 0.25) is 5.02 Å². The quantitative estimate of drug-likeness (QED) is 0.457. The Morgan fingerprint density at radius 3 is 2.77 bits per heavy atom. The number of benzene rings is 1. The number of fused-ring (bicyclic) bond motifs is 1. The number of rotatable bonds is 4. The molecule has 0 unspecified atom stereocenters. The van der Waals surface area contributed by atoms with E-state index in [1.807, 2.05) is 56.1 Å². The van der Waals surface area contributed by atoms with Crippen LogP contribution in [-0.2, 0) is 12.5 Å². The van der Waals surface area contributed by atoms with E-state index in [0.29, 0.717) is 11.8 Å². The minimum atomic E-state index is -0.283. The second kappa shape index (κ2) is 6.27. The number of nitrogens with zero attached hydrogens (tertiary/aromatic N) is 5. The molecule has 4 heterocycles. The molecule has 0 spiro atoms. The molecule has 0 amide bonds. The molecule has 1 aromatic carbocycles. The molecule has 1 N–H and O–H groups in total. The number of pyridine rings is 1. The van der Waals surface area contributed by atoms with E-state index in [4.69, 9.17) is 16.0 Å². The number of nitrogens with one attached hydrogen (secondary N) is 1. The van der Waals surface area contributed by atoms with Crippen molar-refractivity contribution in [2.24, 2.45) is 7.05 Å². The van der Waals surface area contributed by atoms with Gasteiger partial charge in [-0.25, -0.2) is 4.98 Å². The Kier molecular flexibility index (Phi) is 3.64. The summed E-state index contributed by atoms with van der Waals surface area (Å²) in [6, 6.07) is 9.92. The maximum atomic E-state index is 6.45. The monoisotopic (exact) mass is 416 g/mol. The fraction of sp³-hybridized carbons (Fsp3) is 0.182. The number of aromatic amines is 1. The van der Waals surface area contributed by atoms with Crippen LogP contribution in [0, 0.1) is 0 Å². The zero-order valence-corrected chi connectivity index (χ0v) is 16.9. The molecular weight excluding hydrogens is 400 g/mol.